The third kappa shape index (κ3) is 3.87. The highest BCUT2D eigenvalue weighted by Crippen LogP contribution is 2.15. The number of hydrogen-bond acceptors (Lipinski definition) is 3. The summed E-state index contributed by atoms with van der Waals surface area (Å²) >= 11 is 0. The van der Waals surface area contributed by atoms with Crippen LogP contribution in [0.25, 0.3) is 0 Å². The van der Waals surface area contributed by atoms with E-state index in [9.17, 15) is 4.79 Å². The van der Waals surface area contributed by atoms with Crippen molar-refractivity contribution in [1.82, 2.24) is 4.90 Å². The summed E-state index contributed by atoms with van der Waals surface area (Å²) in [5, 5.41) is 8.92. The molecule has 13 heavy (non-hydrogen) atoms. The maximum atomic E-state index is 10.7. The van der Waals surface area contributed by atoms with E-state index in [1.54, 1.807) is 6.92 Å². The molecular weight excluding hydrogens is 166 g/mol. The van der Waals surface area contributed by atoms with Gasteiger partial charge in [0.25, 0.3) is 0 Å². The lowest BCUT2D eigenvalue weighted by Gasteiger charge is -2.14. The van der Waals surface area contributed by atoms with Gasteiger partial charge in [-0.1, -0.05) is 0 Å². The lowest BCUT2D eigenvalue weighted by Crippen LogP contribution is -2.23. The maximum Gasteiger partial charge on any atom is 0.129 e. The first-order valence-corrected chi connectivity index (χ1v) is 5.05. The molecule has 1 atom stereocenters. The summed E-state index contributed by atoms with van der Waals surface area (Å²) in [4.78, 5) is 13.0. The van der Waals surface area contributed by atoms with Crippen LogP contribution in [0.5, 0.6) is 0 Å². The van der Waals surface area contributed by atoms with Gasteiger partial charge < -0.3 is 14.8 Å². The van der Waals surface area contributed by atoms with E-state index in [4.69, 9.17) is 5.11 Å². The quantitative estimate of drug-likeness (QED) is 0.684. The second-order valence-electron chi connectivity index (χ2n) is 3.94. The molecule has 76 valence electrons. The molecule has 1 N–H and O–H groups in total. The number of carbonyl (C=O) groups is 1. The van der Waals surface area contributed by atoms with Gasteiger partial charge in [0.2, 0.25) is 0 Å². The highest BCUT2D eigenvalue weighted by Gasteiger charge is 2.20. The Labute approximate surface area is 79.7 Å². The van der Waals surface area contributed by atoms with Gasteiger partial charge in [0.1, 0.15) is 5.78 Å². The summed E-state index contributed by atoms with van der Waals surface area (Å²) in [5.41, 5.74) is 0. The summed E-state index contributed by atoms with van der Waals surface area (Å²) in [6.07, 6.45) is 2.77. The van der Waals surface area contributed by atoms with E-state index in [1.165, 1.54) is 0 Å². The molecule has 0 amide bonds. The molecule has 1 aliphatic heterocycles. The van der Waals surface area contributed by atoms with Gasteiger partial charge in [0, 0.05) is 19.6 Å². The third-order valence-electron chi connectivity index (χ3n) is 2.63. The normalized spacial score (nSPS) is 23.7. The number of aliphatic hydroxyl groups is 1. The molecule has 1 fully saturated rings. The van der Waals surface area contributed by atoms with Crippen LogP contribution in [0, 0.1) is 5.92 Å². The summed E-state index contributed by atoms with van der Waals surface area (Å²) < 4.78 is 0. The molecule has 1 rings (SSSR count). The monoisotopic (exact) mass is 185 g/mol. The summed E-state index contributed by atoms with van der Waals surface area (Å²) in [7, 11) is 0. The molecule has 0 spiro atoms. The van der Waals surface area contributed by atoms with Gasteiger partial charge in [-0.3, -0.25) is 0 Å². The molecule has 1 unspecified atom stereocenters. The van der Waals surface area contributed by atoms with Crippen molar-refractivity contribution in [2.24, 2.45) is 5.92 Å². The number of carbonyl (C=O) groups excluding carboxylic acids is 1. The molecule has 1 aliphatic rings. The van der Waals surface area contributed by atoms with Crippen LogP contribution in [-0.2, 0) is 4.79 Å². The van der Waals surface area contributed by atoms with Crippen molar-refractivity contribution in [3.8, 4) is 0 Å². The van der Waals surface area contributed by atoms with Crippen LogP contribution in [0.2, 0.25) is 0 Å². The first kappa shape index (κ1) is 10.7. The second-order valence-corrected chi connectivity index (χ2v) is 3.94. The molecule has 0 aromatic carbocycles. The zero-order chi connectivity index (χ0) is 9.68. The summed E-state index contributed by atoms with van der Waals surface area (Å²) in [5.74, 6) is 0.746. The lowest BCUT2D eigenvalue weighted by molar-refractivity contribution is -0.117. The molecule has 3 nitrogen and oxygen atoms in total. The van der Waals surface area contributed by atoms with Crippen LogP contribution in [0.15, 0.2) is 0 Å². The van der Waals surface area contributed by atoms with Gasteiger partial charge in [0.15, 0.2) is 0 Å². The van der Waals surface area contributed by atoms with Gasteiger partial charge in [-0.15, -0.1) is 0 Å². The molecule has 0 aromatic rings. The number of Topliss-reactive ketones (excluding diaryl/α,β-unsaturated/α-hetero) is 1. The Morgan fingerprint density at radius 2 is 2.38 bits per heavy atom. The maximum absolute atomic E-state index is 10.7. The molecular formula is C10H19NO2. The molecule has 0 radical (unpaired) electrons. The molecule has 0 aliphatic carbocycles. The van der Waals surface area contributed by atoms with Crippen molar-refractivity contribution in [1.29, 1.82) is 0 Å². The highest BCUT2D eigenvalue weighted by molar-refractivity contribution is 5.75. The Hall–Kier alpha value is -0.410. The topological polar surface area (TPSA) is 40.5 Å². The summed E-state index contributed by atoms with van der Waals surface area (Å²) in [6, 6.07) is 0. The van der Waals surface area contributed by atoms with Crippen molar-refractivity contribution in [3.63, 3.8) is 0 Å². The number of ketones is 1. The fraction of sp³-hybridized carbons (Fsp3) is 0.900. The van der Waals surface area contributed by atoms with Crippen LogP contribution in [0.3, 0.4) is 0 Å². The van der Waals surface area contributed by atoms with E-state index in [0.29, 0.717) is 18.9 Å². The lowest BCUT2D eigenvalue weighted by atomic mass is 10.1. The molecule has 1 heterocycles. The van der Waals surface area contributed by atoms with E-state index >= 15 is 0 Å². The van der Waals surface area contributed by atoms with Crippen molar-refractivity contribution >= 4 is 5.78 Å². The average Bonchev–Trinajstić information content (AvgIpc) is 2.52. The Balaban J connectivity index is 2.07. The average molecular weight is 185 g/mol. The van der Waals surface area contributed by atoms with Gasteiger partial charge in [-0.2, -0.15) is 0 Å². The number of hydrogen-bond donors (Lipinski definition) is 1. The Morgan fingerprint density at radius 3 is 2.92 bits per heavy atom. The fourth-order valence-electron chi connectivity index (χ4n) is 1.82. The van der Waals surface area contributed by atoms with Gasteiger partial charge in [0.05, 0.1) is 0 Å². The predicted octanol–water partition coefficient (Wildman–Crippen LogP) is 0.670. The Kier molecular flexibility index (Phi) is 4.39. The van der Waals surface area contributed by atoms with Crippen molar-refractivity contribution in [2.45, 2.75) is 26.2 Å². The van der Waals surface area contributed by atoms with E-state index in [2.05, 4.69) is 4.90 Å². The van der Waals surface area contributed by atoms with E-state index < -0.39 is 0 Å². The molecule has 0 aromatic heterocycles. The molecule has 0 bridgehead atoms. The smallest absolute Gasteiger partial charge is 0.129 e. The zero-order valence-corrected chi connectivity index (χ0v) is 8.33. The number of likely N-dealkylation sites (tertiary alicyclic amines) is 1. The first-order valence-electron chi connectivity index (χ1n) is 5.05. The first-order chi connectivity index (χ1) is 6.22. The number of rotatable bonds is 5. The third-order valence-corrected chi connectivity index (χ3v) is 2.63. The Morgan fingerprint density at radius 1 is 1.62 bits per heavy atom. The minimum absolute atomic E-state index is 0.276. The van der Waals surface area contributed by atoms with Gasteiger partial charge >= 0.3 is 0 Å². The fourth-order valence-corrected chi connectivity index (χ4v) is 1.82. The number of aliphatic hydroxyl groups excluding tert-OH is 1. The predicted molar refractivity (Wildman–Crippen MR) is 51.5 cm³/mol. The SMILES string of the molecule is CC(=O)CCCN1CCC(CO)C1. The van der Waals surface area contributed by atoms with Crippen LogP contribution in [-0.4, -0.2) is 42.0 Å². The van der Waals surface area contributed by atoms with E-state index in [0.717, 1.165) is 32.5 Å². The highest BCUT2D eigenvalue weighted by atomic mass is 16.3. The van der Waals surface area contributed by atoms with E-state index in [-0.39, 0.29) is 5.78 Å². The van der Waals surface area contributed by atoms with Crippen molar-refractivity contribution in [2.75, 3.05) is 26.2 Å². The summed E-state index contributed by atoms with van der Waals surface area (Å²) in [6.45, 7) is 5.05. The largest absolute Gasteiger partial charge is 0.396 e. The molecule has 1 saturated heterocycles. The van der Waals surface area contributed by atoms with Gasteiger partial charge in [-0.05, 0) is 38.8 Å². The van der Waals surface area contributed by atoms with Crippen LogP contribution in [0.4, 0.5) is 0 Å². The van der Waals surface area contributed by atoms with Crippen molar-refractivity contribution in [3.05, 3.63) is 0 Å². The minimum atomic E-state index is 0.276. The number of nitrogens with zero attached hydrogens (tertiary/aromatic N) is 1. The minimum Gasteiger partial charge on any atom is -0.396 e. The van der Waals surface area contributed by atoms with Gasteiger partial charge in [-0.25, -0.2) is 0 Å². The standard InChI is InChI=1S/C10H19NO2/c1-9(13)3-2-5-11-6-4-10(7-11)8-12/h10,12H,2-8H2,1H3. The van der Waals surface area contributed by atoms with Crippen LogP contribution >= 0.6 is 0 Å². The van der Waals surface area contributed by atoms with Crippen LogP contribution < -0.4 is 0 Å². The Bertz CT molecular complexity index is 170. The molecule has 3 heteroatoms. The van der Waals surface area contributed by atoms with Crippen LogP contribution in [0.1, 0.15) is 26.2 Å². The zero-order valence-electron chi connectivity index (χ0n) is 8.33. The van der Waals surface area contributed by atoms with Crippen molar-refractivity contribution < 1.29 is 9.90 Å². The second kappa shape index (κ2) is 5.35. The van der Waals surface area contributed by atoms with E-state index in [1.807, 2.05) is 0 Å². The molecule has 0 saturated carbocycles.